The van der Waals surface area contributed by atoms with Crippen LogP contribution >= 0.6 is 11.3 Å². The van der Waals surface area contributed by atoms with Crippen LogP contribution in [0.2, 0.25) is 0 Å². The summed E-state index contributed by atoms with van der Waals surface area (Å²) in [7, 11) is 0. The summed E-state index contributed by atoms with van der Waals surface area (Å²) in [6.45, 7) is 4.73. The molecule has 0 aliphatic heterocycles. The monoisotopic (exact) mass is 275 g/mol. The van der Waals surface area contributed by atoms with E-state index in [0.717, 1.165) is 22.8 Å². The van der Waals surface area contributed by atoms with Crippen LogP contribution in [-0.2, 0) is 0 Å². The molecule has 1 heterocycles. The number of aryl methyl sites for hydroxylation is 1. The first kappa shape index (κ1) is 13.5. The van der Waals surface area contributed by atoms with Crippen molar-refractivity contribution >= 4 is 28.1 Å². The smallest absolute Gasteiger partial charge is 0.270 e. The van der Waals surface area contributed by atoms with E-state index in [1.807, 2.05) is 38.1 Å². The number of nitrogens with zero attached hydrogens (tertiary/aromatic N) is 1. The van der Waals surface area contributed by atoms with E-state index in [1.54, 1.807) is 5.38 Å². The van der Waals surface area contributed by atoms with Crippen molar-refractivity contribution in [1.82, 2.24) is 10.3 Å². The molecule has 0 saturated heterocycles. The molecule has 0 radical (unpaired) electrons. The summed E-state index contributed by atoms with van der Waals surface area (Å²) in [4.78, 5) is 16.0. The molecule has 0 atom stereocenters. The zero-order valence-corrected chi connectivity index (χ0v) is 11.9. The summed E-state index contributed by atoms with van der Waals surface area (Å²) in [5.74, 6) is -0.115. The van der Waals surface area contributed by atoms with Crippen molar-refractivity contribution in [1.29, 1.82) is 0 Å². The average Bonchev–Trinajstić information content (AvgIpc) is 2.87. The Kier molecular flexibility index (Phi) is 4.52. The quantitative estimate of drug-likeness (QED) is 0.880. The maximum absolute atomic E-state index is 11.7. The van der Waals surface area contributed by atoms with Gasteiger partial charge in [0.25, 0.3) is 5.91 Å². The largest absolute Gasteiger partial charge is 0.351 e. The lowest BCUT2D eigenvalue weighted by Crippen LogP contribution is -2.24. The number of hydrogen-bond acceptors (Lipinski definition) is 4. The van der Waals surface area contributed by atoms with Gasteiger partial charge in [-0.15, -0.1) is 11.3 Å². The number of nitrogens with one attached hydrogen (secondary N) is 2. The molecule has 2 rings (SSSR count). The number of carbonyl (C=O) groups is 1. The highest BCUT2D eigenvalue weighted by atomic mass is 32.1. The van der Waals surface area contributed by atoms with Crippen LogP contribution in [0.5, 0.6) is 0 Å². The molecule has 2 N–H and O–H groups in total. The maximum atomic E-state index is 11.7. The fourth-order valence-electron chi connectivity index (χ4n) is 1.59. The van der Waals surface area contributed by atoms with Crippen molar-refractivity contribution in [2.45, 2.75) is 20.3 Å². The molecule has 0 aliphatic rings. The highest BCUT2D eigenvalue weighted by Crippen LogP contribution is 2.23. The van der Waals surface area contributed by atoms with E-state index in [0.29, 0.717) is 12.2 Å². The first-order chi connectivity index (χ1) is 9.20. The molecular formula is C14H17N3OS. The molecule has 19 heavy (non-hydrogen) atoms. The molecule has 0 unspecified atom stereocenters. The van der Waals surface area contributed by atoms with Crippen molar-refractivity contribution < 1.29 is 4.79 Å². The summed E-state index contributed by atoms with van der Waals surface area (Å²) in [6.07, 6.45) is 0.921. The Morgan fingerprint density at radius 3 is 2.89 bits per heavy atom. The van der Waals surface area contributed by atoms with Gasteiger partial charge in [0.05, 0.1) is 0 Å². The first-order valence-corrected chi connectivity index (χ1v) is 7.15. The number of rotatable bonds is 5. The molecule has 4 nitrogen and oxygen atoms in total. The van der Waals surface area contributed by atoms with E-state index >= 15 is 0 Å². The highest BCUT2D eigenvalue weighted by molar-refractivity contribution is 7.14. The predicted octanol–water partition coefficient (Wildman–Crippen LogP) is 3.33. The fraction of sp³-hybridized carbons (Fsp3) is 0.286. The van der Waals surface area contributed by atoms with Gasteiger partial charge in [-0.25, -0.2) is 4.98 Å². The van der Waals surface area contributed by atoms with E-state index in [1.165, 1.54) is 11.3 Å². The lowest BCUT2D eigenvalue weighted by molar-refractivity contribution is 0.0949. The standard InChI is InChI=1S/C14H17N3OS/c1-3-8-15-13(18)12-9-19-14(17-12)16-11-7-5-4-6-10(11)2/h4-7,9H,3,8H2,1-2H3,(H,15,18)(H,16,17). The van der Waals surface area contributed by atoms with E-state index < -0.39 is 0 Å². The third kappa shape index (κ3) is 3.54. The summed E-state index contributed by atoms with van der Waals surface area (Å²) in [6, 6.07) is 7.99. The average molecular weight is 275 g/mol. The summed E-state index contributed by atoms with van der Waals surface area (Å²) < 4.78 is 0. The zero-order chi connectivity index (χ0) is 13.7. The van der Waals surface area contributed by atoms with Gasteiger partial charge in [-0.05, 0) is 25.0 Å². The number of para-hydroxylation sites is 1. The van der Waals surface area contributed by atoms with Gasteiger partial charge in [0.1, 0.15) is 5.69 Å². The number of carbonyl (C=O) groups excluding carboxylic acids is 1. The molecular weight excluding hydrogens is 258 g/mol. The number of benzene rings is 1. The molecule has 5 heteroatoms. The maximum Gasteiger partial charge on any atom is 0.270 e. The van der Waals surface area contributed by atoms with Crippen LogP contribution in [0.4, 0.5) is 10.8 Å². The topological polar surface area (TPSA) is 54.0 Å². The third-order valence-corrected chi connectivity index (χ3v) is 3.42. The van der Waals surface area contributed by atoms with Crippen LogP contribution in [0.15, 0.2) is 29.6 Å². The normalized spacial score (nSPS) is 10.2. The van der Waals surface area contributed by atoms with Crippen LogP contribution in [-0.4, -0.2) is 17.4 Å². The number of anilines is 2. The Labute approximate surface area is 116 Å². The lowest BCUT2D eigenvalue weighted by Gasteiger charge is -2.05. The molecule has 1 aromatic heterocycles. The first-order valence-electron chi connectivity index (χ1n) is 6.27. The van der Waals surface area contributed by atoms with Crippen molar-refractivity contribution in [3.63, 3.8) is 0 Å². The summed E-state index contributed by atoms with van der Waals surface area (Å²) >= 11 is 1.43. The van der Waals surface area contributed by atoms with Crippen LogP contribution in [0.25, 0.3) is 0 Å². The van der Waals surface area contributed by atoms with E-state index in [9.17, 15) is 4.79 Å². The Hall–Kier alpha value is -1.88. The highest BCUT2D eigenvalue weighted by Gasteiger charge is 2.10. The molecule has 1 amide bonds. The number of thiazole rings is 1. The molecule has 0 aliphatic carbocycles. The molecule has 2 aromatic rings. The van der Waals surface area contributed by atoms with Gasteiger partial charge in [-0.3, -0.25) is 4.79 Å². The zero-order valence-electron chi connectivity index (χ0n) is 11.1. The van der Waals surface area contributed by atoms with Crippen LogP contribution in [0, 0.1) is 6.92 Å². The van der Waals surface area contributed by atoms with Crippen molar-refractivity contribution in [2.24, 2.45) is 0 Å². The Morgan fingerprint density at radius 1 is 1.37 bits per heavy atom. The second-order valence-electron chi connectivity index (χ2n) is 4.23. The van der Waals surface area contributed by atoms with E-state index in [2.05, 4.69) is 15.6 Å². The van der Waals surface area contributed by atoms with Crippen LogP contribution in [0.1, 0.15) is 29.4 Å². The van der Waals surface area contributed by atoms with Crippen molar-refractivity contribution in [3.05, 3.63) is 40.9 Å². The molecule has 1 aromatic carbocycles. The Balaban J connectivity index is 2.05. The van der Waals surface area contributed by atoms with Crippen LogP contribution in [0.3, 0.4) is 0 Å². The minimum absolute atomic E-state index is 0.115. The second-order valence-corrected chi connectivity index (χ2v) is 5.09. The van der Waals surface area contributed by atoms with Gasteiger partial charge < -0.3 is 10.6 Å². The number of amides is 1. The van der Waals surface area contributed by atoms with Gasteiger partial charge in [-0.2, -0.15) is 0 Å². The van der Waals surface area contributed by atoms with Gasteiger partial charge in [0, 0.05) is 17.6 Å². The van der Waals surface area contributed by atoms with Crippen molar-refractivity contribution in [3.8, 4) is 0 Å². The molecule has 0 bridgehead atoms. The van der Waals surface area contributed by atoms with Gasteiger partial charge >= 0.3 is 0 Å². The molecule has 100 valence electrons. The third-order valence-electron chi connectivity index (χ3n) is 2.66. The Morgan fingerprint density at radius 2 is 2.16 bits per heavy atom. The van der Waals surface area contributed by atoms with Crippen LogP contribution < -0.4 is 10.6 Å². The SMILES string of the molecule is CCCNC(=O)c1csc(Nc2ccccc2C)n1. The molecule has 0 fully saturated rings. The Bertz CT molecular complexity index is 565. The summed E-state index contributed by atoms with van der Waals surface area (Å²) in [5, 5.41) is 8.55. The van der Waals surface area contributed by atoms with E-state index in [4.69, 9.17) is 0 Å². The van der Waals surface area contributed by atoms with Gasteiger partial charge in [0.15, 0.2) is 5.13 Å². The second kappa shape index (κ2) is 6.33. The minimum Gasteiger partial charge on any atom is -0.351 e. The number of hydrogen-bond donors (Lipinski definition) is 2. The van der Waals surface area contributed by atoms with Gasteiger partial charge in [0.2, 0.25) is 0 Å². The molecule has 0 saturated carbocycles. The van der Waals surface area contributed by atoms with Gasteiger partial charge in [-0.1, -0.05) is 25.1 Å². The minimum atomic E-state index is -0.115. The molecule has 0 spiro atoms. The van der Waals surface area contributed by atoms with Crippen molar-refractivity contribution in [2.75, 3.05) is 11.9 Å². The van der Waals surface area contributed by atoms with E-state index in [-0.39, 0.29) is 5.91 Å². The fourth-order valence-corrected chi connectivity index (χ4v) is 2.30. The lowest BCUT2D eigenvalue weighted by atomic mass is 10.2. The summed E-state index contributed by atoms with van der Waals surface area (Å²) in [5.41, 5.74) is 2.63. The number of aromatic nitrogens is 1. The predicted molar refractivity (Wildman–Crippen MR) is 79.2 cm³/mol.